The minimum absolute atomic E-state index is 0.157. The smallest absolute Gasteiger partial charge is 0.405 e. The summed E-state index contributed by atoms with van der Waals surface area (Å²) in [6.45, 7) is 4.55. The zero-order valence-electron chi connectivity index (χ0n) is 11.5. The van der Waals surface area contributed by atoms with Gasteiger partial charge in [0.15, 0.2) is 0 Å². The van der Waals surface area contributed by atoms with Gasteiger partial charge in [-0.2, -0.15) is 0 Å². The Hall–Kier alpha value is -1.48. The molecule has 0 unspecified atom stereocenters. The van der Waals surface area contributed by atoms with Crippen LogP contribution in [-0.2, 0) is 0 Å². The van der Waals surface area contributed by atoms with Crippen molar-refractivity contribution in [2.45, 2.75) is 20.2 Å². The Kier molecular flexibility index (Phi) is 6.28. The van der Waals surface area contributed by atoms with Crippen LogP contribution in [0.5, 0.6) is 5.75 Å². The van der Waals surface area contributed by atoms with E-state index in [9.17, 15) is 13.2 Å². The zero-order valence-corrected chi connectivity index (χ0v) is 13.0. The Morgan fingerprint density at radius 1 is 1.43 bits per heavy atom. The molecule has 21 heavy (non-hydrogen) atoms. The molecule has 0 aliphatic carbocycles. The molecule has 0 atom stereocenters. The lowest BCUT2D eigenvalue weighted by Crippen LogP contribution is -2.36. The molecule has 1 aromatic rings. The highest BCUT2D eigenvalue weighted by Gasteiger charge is 2.31. The fraction of sp³-hybridized carbons (Fsp3) is 0.417. The molecule has 0 spiro atoms. The van der Waals surface area contributed by atoms with Crippen molar-refractivity contribution in [2.75, 3.05) is 11.9 Å². The molecule has 5 nitrogen and oxygen atoms in total. The van der Waals surface area contributed by atoms with Gasteiger partial charge < -0.3 is 10.1 Å². The number of benzene rings is 1. The summed E-state index contributed by atoms with van der Waals surface area (Å²) in [5, 5.41) is 2.86. The van der Waals surface area contributed by atoms with Crippen molar-refractivity contribution in [1.82, 2.24) is 5.43 Å². The molecule has 0 saturated heterocycles. The molecule has 0 fully saturated rings. The van der Waals surface area contributed by atoms with Crippen molar-refractivity contribution in [3.05, 3.63) is 22.7 Å². The average Bonchev–Trinajstić information content (AvgIpc) is 2.36. The molecule has 0 bridgehead atoms. The van der Waals surface area contributed by atoms with Gasteiger partial charge in [-0.25, -0.2) is 5.84 Å². The van der Waals surface area contributed by atoms with Crippen molar-refractivity contribution in [2.24, 2.45) is 16.8 Å². The van der Waals surface area contributed by atoms with Gasteiger partial charge in [0.25, 0.3) is 0 Å². The fourth-order valence-electron chi connectivity index (χ4n) is 1.32. The minimum Gasteiger partial charge on any atom is -0.405 e. The van der Waals surface area contributed by atoms with E-state index in [0.29, 0.717) is 24.1 Å². The summed E-state index contributed by atoms with van der Waals surface area (Å²) in [6.07, 6.45) is -4.74. The number of hydrogen-bond donors (Lipinski definition) is 3. The molecule has 0 saturated carbocycles. The van der Waals surface area contributed by atoms with Crippen LogP contribution in [0.15, 0.2) is 27.7 Å². The Balaban J connectivity index is 2.81. The molecule has 0 aliphatic heterocycles. The van der Waals surface area contributed by atoms with Gasteiger partial charge in [-0.1, -0.05) is 13.8 Å². The third kappa shape index (κ3) is 6.67. The second kappa shape index (κ2) is 7.51. The van der Waals surface area contributed by atoms with Crippen molar-refractivity contribution < 1.29 is 17.9 Å². The van der Waals surface area contributed by atoms with Gasteiger partial charge in [0.2, 0.25) is 5.96 Å². The minimum atomic E-state index is -4.74. The number of guanidine groups is 1. The van der Waals surface area contributed by atoms with Gasteiger partial charge in [-0.3, -0.25) is 10.4 Å². The number of aliphatic imine (C=N–C) groups is 1. The molecule has 0 amide bonds. The normalized spacial score (nSPS) is 12.5. The summed E-state index contributed by atoms with van der Waals surface area (Å²) in [6, 6.07) is 4.05. The molecule has 0 aliphatic rings. The van der Waals surface area contributed by atoms with Crippen molar-refractivity contribution >= 4 is 27.6 Å². The largest absolute Gasteiger partial charge is 0.573 e. The van der Waals surface area contributed by atoms with Gasteiger partial charge in [-0.05, 0) is 40.0 Å². The predicted molar refractivity (Wildman–Crippen MR) is 78.9 cm³/mol. The van der Waals surface area contributed by atoms with Crippen LogP contribution in [0.4, 0.5) is 18.9 Å². The van der Waals surface area contributed by atoms with Crippen LogP contribution < -0.4 is 21.3 Å². The van der Waals surface area contributed by atoms with Gasteiger partial charge in [0.1, 0.15) is 5.75 Å². The lowest BCUT2D eigenvalue weighted by molar-refractivity contribution is -0.274. The van der Waals surface area contributed by atoms with Crippen LogP contribution in [0.1, 0.15) is 13.8 Å². The number of ether oxygens (including phenoxy) is 1. The number of nitrogens with one attached hydrogen (secondary N) is 2. The Morgan fingerprint density at radius 3 is 2.57 bits per heavy atom. The van der Waals surface area contributed by atoms with E-state index >= 15 is 0 Å². The molecule has 0 aromatic heterocycles. The second-order valence-corrected chi connectivity index (χ2v) is 5.40. The molecular weight excluding hydrogens is 353 g/mol. The van der Waals surface area contributed by atoms with Crippen LogP contribution in [0.3, 0.4) is 0 Å². The summed E-state index contributed by atoms with van der Waals surface area (Å²) >= 11 is 3.02. The van der Waals surface area contributed by atoms with E-state index in [4.69, 9.17) is 5.84 Å². The standard InChI is InChI=1S/C12H16BrF3N4O/c1-7(2)6-18-11(20-17)19-8-3-4-10(9(13)5-8)21-12(14,15)16/h3-5,7H,6,17H2,1-2H3,(H2,18,19,20). The van der Waals surface area contributed by atoms with Crippen LogP contribution in [-0.4, -0.2) is 18.9 Å². The van der Waals surface area contributed by atoms with Gasteiger partial charge in [-0.15, -0.1) is 13.2 Å². The highest BCUT2D eigenvalue weighted by molar-refractivity contribution is 9.10. The topological polar surface area (TPSA) is 71.7 Å². The predicted octanol–water partition coefficient (Wildman–Crippen LogP) is 3.23. The van der Waals surface area contributed by atoms with Gasteiger partial charge in [0, 0.05) is 12.2 Å². The summed E-state index contributed by atoms with van der Waals surface area (Å²) in [5.74, 6) is 5.68. The highest BCUT2D eigenvalue weighted by Crippen LogP contribution is 2.32. The monoisotopic (exact) mass is 368 g/mol. The molecule has 0 radical (unpaired) electrons. The van der Waals surface area contributed by atoms with Crippen molar-refractivity contribution in [1.29, 1.82) is 0 Å². The molecule has 4 N–H and O–H groups in total. The third-order valence-electron chi connectivity index (χ3n) is 2.17. The first-order valence-electron chi connectivity index (χ1n) is 6.04. The summed E-state index contributed by atoms with van der Waals surface area (Å²) in [4.78, 5) is 4.19. The molecule has 1 rings (SSSR count). The Bertz CT molecular complexity index is 506. The molecule has 0 heterocycles. The summed E-state index contributed by atoms with van der Waals surface area (Å²) in [7, 11) is 0. The number of halogens is 4. The lowest BCUT2D eigenvalue weighted by Gasteiger charge is -2.13. The number of nitrogens with zero attached hydrogens (tertiary/aromatic N) is 1. The summed E-state index contributed by atoms with van der Waals surface area (Å²) in [5.41, 5.74) is 2.90. The van der Waals surface area contributed by atoms with Crippen LogP contribution in [0, 0.1) is 5.92 Å². The maximum atomic E-state index is 12.2. The fourth-order valence-corrected chi connectivity index (χ4v) is 1.78. The maximum absolute atomic E-state index is 12.2. The first kappa shape index (κ1) is 17.6. The molecule has 1 aromatic carbocycles. The molecular formula is C12H16BrF3N4O. The number of hydrogen-bond acceptors (Lipinski definition) is 3. The van der Waals surface area contributed by atoms with Crippen LogP contribution in [0.25, 0.3) is 0 Å². The number of nitrogens with two attached hydrogens (primary N) is 1. The molecule has 118 valence electrons. The molecule has 9 heteroatoms. The van der Waals surface area contributed by atoms with Crippen LogP contribution >= 0.6 is 15.9 Å². The number of rotatable bonds is 4. The number of anilines is 1. The quantitative estimate of drug-likeness (QED) is 0.330. The van der Waals surface area contributed by atoms with E-state index < -0.39 is 6.36 Å². The van der Waals surface area contributed by atoms with E-state index in [2.05, 4.69) is 36.4 Å². The zero-order chi connectivity index (χ0) is 16.0. The number of hydrazine groups is 1. The summed E-state index contributed by atoms with van der Waals surface area (Å²) < 4.78 is 40.5. The van der Waals surface area contributed by atoms with Gasteiger partial charge in [0.05, 0.1) is 4.47 Å². The Morgan fingerprint density at radius 2 is 2.10 bits per heavy atom. The Labute approximate surface area is 128 Å². The van der Waals surface area contributed by atoms with Crippen molar-refractivity contribution in [3.8, 4) is 5.75 Å². The number of alkyl halides is 3. The average molecular weight is 369 g/mol. The van der Waals surface area contributed by atoms with E-state index in [1.54, 1.807) is 0 Å². The highest BCUT2D eigenvalue weighted by atomic mass is 79.9. The van der Waals surface area contributed by atoms with Crippen molar-refractivity contribution in [3.63, 3.8) is 0 Å². The van der Waals surface area contributed by atoms with E-state index in [-0.39, 0.29) is 10.2 Å². The first-order chi connectivity index (χ1) is 9.71. The van der Waals surface area contributed by atoms with Gasteiger partial charge >= 0.3 is 6.36 Å². The first-order valence-corrected chi connectivity index (χ1v) is 6.84. The maximum Gasteiger partial charge on any atom is 0.573 e. The van der Waals surface area contributed by atoms with E-state index in [1.807, 2.05) is 13.8 Å². The van der Waals surface area contributed by atoms with E-state index in [0.717, 1.165) is 0 Å². The second-order valence-electron chi connectivity index (χ2n) is 4.55. The van der Waals surface area contributed by atoms with E-state index in [1.165, 1.54) is 18.2 Å². The third-order valence-corrected chi connectivity index (χ3v) is 2.79. The SMILES string of the molecule is CC(C)CN=C(NN)Nc1ccc(OC(F)(F)F)c(Br)c1. The lowest BCUT2D eigenvalue weighted by atomic mass is 10.2. The van der Waals surface area contributed by atoms with Crippen LogP contribution in [0.2, 0.25) is 0 Å².